The second-order valence-corrected chi connectivity index (χ2v) is 6.82. The van der Waals surface area contributed by atoms with E-state index in [0.29, 0.717) is 6.42 Å². The molecule has 1 aliphatic rings. The summed E-state index contributed by atoms with van der Waals surface area (Å²) in [5.74, 6) is 0.0313. The first-order valence-corrected chi connectivity index (χ1v) is 9.01. The number of rotatable bonds is 5. The van der Waals surface area contributed by atoms with Crippen molar-refractivity contribution in [3.05, 3.63) is 66.2 Å². The molecule has 0 saturated carbocycles. The van der Waals surface area contributed by atoms with Gasteiger partial charge < -0.3 is 15.5 Å². The van der Waals surface area contributed by atoms with Gasteiger partial charge in [0.05, 0.1) is 6.04 Å². The Hall–Kier alpha value is -1.75. The molecule has 0 spiro atoms. The highest BCUT2D eigenvalue weighted by atomic mass is 35.5. The monoisotopic (exact) mass is 409 g/mol. The average molecular weight is 410 g/mol. The topological polar surface area (TPSA) is 49.6 Å². The van der Waals surface area contributed by atoms with Gasteiger partial charge in [-0.15, -0.1) is 24.8 Å². The summed E-state index contributed by atoms with van der Waals surface area (Å²) in [6.07, 6.45) is 2.70. The van der Waals surface area contributed by atoms with E-state index in [4.69, 9.17) is 5.73 Å². The van der Waals surface area contributed by atoms with Crippen molar-refractivity contribution < 1.29 is 4.79 Å². The molecule has 1 amide bonds. The molecule has 4 nitrogen and oxygen atoms in total. The van der Waals surface area contributed by atoms with Gasteiger partial charge in [0.1, 0.15) is 0 Å². The summed E-state index contributed by atoms with van der Waals surface area (Å²) < 4.78 is 0. The Labute approximate surface area is 174 Å². The van der Waals surface area contributed by atoms with E-state index in [1.165, 1.54) is 5.69 Å². The lowest BCUT2D eigenvalue weighted by Crippen LogP contribution is -2.53. The van der Waals surface area contributed by atoms with Crippen molar-refractivity contribution in [2.24, 2.45) is 5.73 Å². The van der Waals surface area contributed by atoms with Crippen molar-refractivity contribution in [1.82, 2.24) is 4.90 Å². The number of amides is 1. The van der Waals surface area contributed by atoms with Crippen LogP contribution in [0.1, 0.15) is 18.4 Å². The lowest BCUT2D eigenvalue weighted by molar-refractivity contribution is -0.133. The van der Waals surface area contributed by atoms with Crippen molar-refractivity contribution >= 4 is 36.4 Å². The predicted molar refractivity (Wildman–Crippen MR) is 117 cm³/mol. The molecule has 27 heavy (non-hydrogen) atoms. The number of para-hydroxylation sites is 1. The van der Waals surface area contributed by atoms with Gasteiger partial charge in [0.15, 0.2) is 0 Å². The predicted octanol–water partition coefficient (Wildman–Crippen LogP) is 3.53. The molecule has 2 aromatic carbocycles. The van der Waals surface area contributed by atoms with Crippen LogP contribution in [0.3, 0.4) is 0 Å². The van der Waals surface area contributed by atoms with Crippen LogP contribution >= 0.6 is 24.8 Å². The zero-order chi connectivity index (χ0) is 17.6. The third kappa shape index (κ3) is 6.13. The zero-order valence-corrected chi connectivity index (χ0v) is 17.3. The molecule has 0 radical (unpaired) electrons. The lowest BCUT2D eigenvalue weighted by Gasteiger charge is -2.39. The number of halogens is 2. The van der Waals surface area contributed by atoms with Gasteiger partial charge in [-0.3, -0.25) is 4.79 Å². The number of hydrogen-bond acceptors (Lipinski definition) is 3. The fourth-order valence-corrected chi connectivity index (χ4v) is 3.54. The van der Waals surface area contributed by atoms with Gasteiger partial charge in [-0.2, -0.15) is 0 Å². The van der Waals surface area contributed by atoms with E-state index < -0.39 is 6.04 Å². The van der Waals surface area contributed by atoms with Gasteiger partial charge in [0.2, 0.25) is 5.91 Å². The average Bonchev–Trinajstić information content (AvgIpc) is 2.68. The summed E-state index contributed by atoms with van der Waals surface area (Å²) in [4.78, 5) is 17.0. The fourth-order valence-electron chi connectivity index (χ4n) is 3.54. The largest absolute Gasteiger partial charge is 0.369 e. The van der Waals surface area contributed by atoms with E-state index in [2.05, 4.69) is 29.2 Å². The molecule has 2 atom stereocenters. The summed E-state index contributed by atoms with van der Waals surface area (Å²) in [6.45, 7) is 1.91. The van der Waals surface area contributed by atoms with Crippen molar-refractivity contribution in [1.29, 1.82) is 0 Å². The lowest BCUT2D eigenvalue weighted by atomic mass is 10.0. The van der Waals surface area contributed by atoms with Crippen LogP contribution in [0.5, 0.6) is 0 Å². The Balaban J connectivity index is 0.00000182. The highest BCUT2D eigenvalue weighted by Gasteiger charge is 2.28. The van der Waals surface area contributed by atoms with E-state index >= 15 is 0 Å². The van der Waals surface area contributed by atoms with Crippen LogP contribution in [0, 0.1) is 0 Å². The van der Waals surface area contributed by atoms with Gasteiger partial charge in [-0.1, -0.05) is 48.5 Å². The smallest absolute Gasteiger partial charge is 0.239 e. The zero-order valence-electron chi connectivity index (χ0n) is 15.7. The molecule has 0 aromatic heterocycles. The van der Waals surface area contributed by atoms with Crippen LogP contribution in [0.25, 0.3) is 0 Å². The third-order valence-electron chi connectivity index (χ3n) is 5.03. The molecule has 3 rings (SSSR count). The number of anilines is 1. The second-order valence-electron chi connectivity index (χ2n) is 6.82. The van der Waals surface area contributed by atoms with Crippen molar-refractivity contribution in [2.75, 3.05) is 25.0 Å². The first-order valence-electron chi connectivity index (χ1n) is 9.01. The summed E-state index contributed by atoms with van der Waals surface area (Å²) in [5.41, 5.74) is 8.52. The molecule has 2 N–H and O–H groups in total. The van der Waals surface area contributed by atoms with Crippen molar-refractivity contribution in [2.45, 2.75) is 31.3 Å². The molecule has 1 heterocycles. The molecular weight excluding hydrogens is 381 g/mol. The molecule has 0 bridgehead atoms. The third-order valence-corrected chi connectivity index (χ3v) is 5.03. The summed E-state index contributed by atoms with van der Waals surface area (Å²) in [6, 6.07) is 20.1. The van der Waals surface area contributed by atoms with Crippen LogP contribution in [-0.2, 0) is 11.2 Å². The molecule has 1 fully saturated rings. The van der Waals surface area contributed by atoms with Crippen LogP contribution in [0.4, 0.5) is 5.69 Å². The van der Waals surface area contributed by atoms with Crippen molar-refractivity contribution in [3.63, 3.8) is 0 Å². The molecule has 1 saturated heterocycles. The Morgan fingerprint density at radius 1 is 1.11 bits per heavy atom. The van der Waals surface area contributed by atoms with Gasteiger partial charge in [-0.05, 0) is 37.0 Å². The van der Waals surface area contributed by atoms with Crippen LogP contribution in [0.2, 0.25) is 0 Å². The standard InChI is InChI=1S/C21H27N3O.2ClH/c1-23(21(25)20(22)15-17-9-4-2-5-10-17)19-13-8-14-24(16-19)18-11-6-3-7-12-18;;/h2-7,9-12,19-20H,8,13-16,22H2,1H3;2*1H. The van der Waals surface area contributed by atoms with Crippen LogP contribution in [0.15, 0.2) is 60.7 Å². The fraction of sp³-hybridized carbons (Fsp3) is 0.381. The van der Waals surface area contributed by atoms with Crippen molar-refractivity contribution in [3.8, 4) is 0 Å². The molecule has 2 aromatic rings. The van der Waals surface area contributed by atoms with Gasteiger partial charge in [0, 0.05) is 31.9 Å². The summed E-state index contributed by atoms with van der Waals surface area (Å²) in [7, 11) is 1.90. The molecule has 148 valence electrons. The quantitative estimate of drug-likeness (QED) is 0.821. The number of nitrogens with two attached hydrogens (primary N) is 1. The van der Waals surface area contributed by atoms with Crippen LogP contribution in [-0.4, -0.2) is 43.0 Å². The molecular formula is C21H29Cl2N3O. The number of benzene rings is 2. The Morgan fingerprint density at radius 2 is 1.70 bits per heavy atom. The number of carbonyl (C=O) groups is 1. The molecule has 0 aliphatic carbocycles. The number of piperidine rings is 1. The molecule has 6 heteroatoms. The Kier molecular flexibility index (Phi) is 9.64. The second kappa shape index (κ2) is 11.2. The van der Waals surface area contributed by atoms with E-state index in [9.17, 15) is 4.79 Å². The Bertz CT molecular complexity index is 684. The maximum Gasteiger partial charge on any atom is 0.239 e. The van der Waals surface area contributed by atoms with Gasteiger partial charge in [-0.25, -0.2) is 0 Å². The SMILES string of the molecule is CN(C(=O)C(N)Cc1ccccc1)C1CCCN(c2ccccc2)C1.Cl.Cl. The maximum atomic E-state index is 12.8. The van der Waals surface area contributed by atoms with E-state index in [0.717, 1.165) is 31.5 Å². The number of carbonyl (C=O) groups excluding carboxylic acids is 1. The molecule has 2 unspecified atom stereocenters. The minimum atomic E-state index is -0.487. The summed E-state index contributed by atoms with van der Waals surface area (Å²) in [5, 5.41) is 0. The highest BCUT2D eigenvalue weighted by molar-refractivity contribution is 5.85. The normalized spacial score (nSPS) is 17.3. The summed E-state index contributed by atoms with van der Waals surface area (Å²) >= 11 is 0. The van der Waals surface area contributed by atoms with Crippen LogP contribution < -0.4 is 10.6 Å². The van der Waals surface area contributed by atoms with Gasteiger partial charge >= 0.3 is 0 Å². The highest BCUT2D eigenvalue weighted by Crippen LogP contribution is 2.22. The Morgan fingerprint density at radius 3 is 2.33 bits per heavy atom. The number of likely N-dealkylation sites (N-methyl/N-ethyl adjacent to an activating group) is 1. The van der Waals surface area contributed by atoms with E-state index in [-0.39, 0.29) is 36.8 Å². The minimum Gasteiger partial charge on any atom is -0.369 e. The maximum absolute atomic E-state index is 12.8. The van der Waals surface area contributed by atoms with E-state index in [1.54, 1.807) is 0 Å². The number of hydrogen-bond donors (Lipinski definition) is 1. The number of nitrogens with zero attached hydrogens (tertiary/aromatic N) is 2. The van der Waals surface area contributed by atoms with E-state index in [1.807, 2.05) is 48.3 Å². The minimum absolute atomic E-state index is 0. The first-order chi connectivity index (χ1) is 12.1. The first kappa shape index (κ1) is 23.3. The molecule has 1 aliphatic heterocycles. The van der Waals surface area contributed by atoms with Gasteiger partial charge in [0.25, 0.3) is 0 Å².